The monoisotopic (exact) mass is 254 g/mol. The predicted octanol–water partition coefficient (Wildman–Crippen LogP) is 3.39. The molecule has 0 aliphatic rings. The molecule has 0 radical (unpaired) electrons. The van der Waals surface area contributed by atoms with Crippen LogP contribution in [0.25, 0.3) is 0 Å². The molecule has 0 aliphatic carbocycles. The van der Waals surface area contributed by atoms with E-state index >= 15 is 0 Å². The van der Waals surface area contributed by atoms with Crippen LogP contribution in [0.1, 0.15) is 37.8 Å². The van der Waals surface area contributed by atoms with E-state index < -0.39 is 11.9 Å². The summed E-state index contributed by atoms with van der Waals surface area (Å²) >= 11 is 0. The second-order valence-corrected chi connectivity index (χ2v) is 4.50. The van der Waals surface area contributed by atoms with Crippen molar-refractivity contribution in [3.63, 3.8) is 0 Å². The van der Waals surface area contributed by atoms with Crippen LogP contribution in [-0.4, -0.2) is 12.6 Å². The minimum Gasteiger partial charge on any atom is -0.377 e. The van der Waals surface area contributed by atoms with Crippen LogP contribution >= 0.6 is 0 Å². The minimum atomic E-state index is -0.845. The van der Waals surface area contributed by atoms with Crippen molar-refractivity contribution in [2.24, 2.45) is 5.92 Å². The van der Waals surface area contributed by atoms with Crippen LogP contribution in [0.5, 0.6) is 0 Å². The van der Waals surface area contributed by atoms with Crippen molar-refractivity contribution in [3.05, 3.63) is 35.4 Å². The summed E-state index contributed by atoms with van der Waals surface area (Å²) in [5.74, 6) is -1.44. The van der Waals surface area contributed by atoms with E-state index in [2.05, 4.69) is 4.94 Å². The van der Waals surface area contributed by atoms with Gasteiger partial charge in [-0.05, 0) is 24.0 Å². The average Bonchev–Trinajstić information content (AvgIpc) is 2.37. The molecule has 0 saturated heterocycles. The van der Waals surface area contributed by atoms with Crippen molar-refractivity contribution in [1.29, 1.82) is 0 Å². The summed E-state index contributed by atoms with van der Waals surface area (Å²) in [7, 11) is 0. The fraction of sp³-hybridized carbons (Fsp3) is 0.500. The SMILES string of the molecule is CCOCc1ccc(C(C(=O)OF)C(C)C)cc1. The molecule has 4 heteroatoms. The molecule has 100 valence electrons. The summed E-state index contributed by atoms with van der Waals surface area (Å²) in [6.45, 7) is 6.84. The number of carbonyl (C=O) groups excluding carboxylic acids is 1. The van der Waals surface area contributed by atoms with Crippen LogP contribution in [0.2, 0.25) is 0 Å². The number of hydrogen-bond donors (Lipinski definition) is 0. The van der Waals surface area contributed by atoms with Gasteiger partial charge in [-0.15, -0.1) is 0 Å². The highest BCUT2D eigenvalue weighted by atomic mass is 19.3. The standard InChI is InChI=1S/C14H19FO3/c1-4-17-9-11-5-7-12(8-6-11)13(10(2)3)14(16)18-15/h5-8,10,13H,4,9H2,1-3H3. The maximum atomic E-state index is 12.1. The fourth-order valence-corrected chi connectivity index (χ4v) is 1.88. The van der Waals surface area contributed by atoms with Crippen LogP contribution in [0, 0.1) is 5.92 Å². The fourth-order valence-electron chi connectivity index (χ4n) is 1.88. The topological polar surface area (TPSA) is 35.5 Å². The molecule has 0 fully saturated rings. The molecule has 0 bridgehead atoms. The Bertz CT molecular complexity index is 373. The zero-order chi connectivity index (χ0) is 13.5. The first-order chi connectivity index (χ1) is 8.60. The normalized spacial score (nSPS) is 12.5. The van der Waals surface area contributed by atoms with Crippen molar-refractivity contribution in [3.8, 4) is 0 Å². The van der Waals surface area contributed by atoms with Gasteiger partial charge in [0, 0.05) is 11.1 Å². The molecule has 0 aliphatic heterocycles. The van der Waals surface area contributed by atoms with Gasteiger partial charge in [0.25, 0.3) is 0 Å². The lowest BCUT2D eigenvalue weighted by atomic mass is 9.88. The molecule has 0 saturated carbocycles. The molecule has 3 nitrogen and oxygen atoms in total. The van der Waals surface area contributed by atoms with Gasteiger partial charge in [-0.2, -0.15) is 0 Å². The van der Waals surface area contributed by atoms with Crippen LogP contribution in [-0.2, 0) is 21.1 Å². The Hall–Kier alpha value is -1.42. The molecule has 1 unspecified atom stereocenters. The number of benzene rings is 1. The summed E-state index contributed by atoms with van der Waals surface area (Å²) in [6, 6.07) is 7.39. The molecule has 1 atom stereocenters. The van der Waals surface area contributed by atoms with Gasteiger partial charge < -0.3 is 4.74 Å². The Morgan fingerprint density at radius 2 is 1.89 bits per heavy atom. The lowest BCUT2D eigenvalue weighted by Gasteiger charge is -2.17. The zero-order valence-corrected chi connectivity index (χ0v) is 11.0. The van der Waals surface area contributed by atoms with Crippen molar-refractivity contribution < 1.29 is 19.0 Å². The van der Waals surface area contributed by atoms with Crippen LogP contribution in [0.3, 0.4) is 0 Å². The zero-order valence-electron chi connectivity index (χ0n) is 11.0. The van der Waals surface area contributed by atoms with Gasteiger partial charge in [-0.25, -0.2) is 4.79 Å². The van der Waals surface area contributed by atoms with E-state index in [4.69, 9.17) is 4.74 Å². The molecule has 18 heavy (non-hydrogen) atoms. The maximum Gasteiger partial charge on any atom is 0.356 e. The minimum absolute atomic E-state index is 0.0222. The van der Waals surface area contributed by atoms with E-state index in [1.807, 2.05) is 45.0 Å². The van der Waals surface area contributed by atoms with Gasteiger partial charge in [0.05, 0.1) is 12.5 Å². The van der Waals surface area contributed by atoms with Gasteiger partial charge in [0.15, 0.2) is 0 Å². The lowest BCUT2D eigenvalue weighted by Crippen LogP contribution is -2.18. The van der Waals surface area contributed by atoms with Gasteiger partial charge in [0.2, 0.25) is 0 Å². The van der Waals surface area contributed by atoms with Crippen molar-refractivity contribution in [2.45, 2.75) is 33.3 Å². The highest BCUT2D eigenvalue weighted by Gasteiger charge is 2.26. The van der Waals surface area contributed by atoms with Crippen LogP contribution in [0.15, 0.2) is 24.3 Å². The summed E-state index contributed by atoms with van der Waals surface area (Å²) in [5, 5.41) is 0. The Kier molecular flexibility index (Phi) is 5.78. The van der Waals surface area contributed by atoms with E-state index in [9.17, 15) is 9.32 Å². The number of ether oxygens (including phenoxy) is 1. The van der Waals surface area contributed by atoms with E-state index in [1.165, 1.54) is 0 Å². The highest BCUT2D eigenvalue weighted by molar-refractivity contribution is 5.77. The molecule has 1 aromatic carbocycles. The third-order valence-electron chi connectivity index (χ3n) is 2.81. The van der Waals surface area contributed by atoms with Crippen molar-refractivity contribution in [1.82, 2.24) is 0 Å². The first kappa shape index (κ1) is 14.6. The summed E-state index contributed by atoms with van der Waals surface area (Å²) in [6.07, 6.45) is 0. The van der Waals surface area contributed by atoms with Crippen LogP contribution < -0.4 is 0 Å². The van der Waals surface area contributed by atoms with Crippen molar-refractivity contribution >= 4 is 5.97 Å². The molecule has 1 rings (SSSR count). The third kappa shape index (κ3) is 3.81. The van der Waals surface area contributed by atoms with Crippen LogP contribution in [0.4, 0.5) is 4.53 Å². The van der Waals surface area contributed by atoms with E-state index in [0.29, 0.717) is 13.2 Å². The van der Waals surface area contributed by atoms with Gasteiger partial charge in [0.1, 0.15) is 0 Å². The molecule has 0 spiro atoms. The number of halogens is 1. The molecule has 1 aromatic rings. The Morgan fingerprint density at radius 1 is 1.28 bits per heavy atom. The number of carbonyl (C=O) groups is 1. The van der Waals surface area contributed by atoms with E-state index in [0.717, 1.165) is 11.1 Å². The average molecular weight is 254 g/mol. The largest absolute Gasteiger partial charge is 0.377 e. The molecular formula is C14H19FO3. The second-order valence-electron chi connectivity index (χ2n) is 4.50. The predicted molar refractivity (Wildman–Crippen MR) is 66.6 cm³/mol. The Balaban J connectivity index is 2.84. The first-order valence-corrected chi connectivity index (χ1v) is 6.09. The lowest BCUT2D eigenvalue weighted by molar-refractivity contribution is -0.186. The molecular weight excluding hydrogens is 235 g/mol. The summed E-state index contributed by atoms with van der Waals surface area (Å²) < 4.78 is 17.3. The molecule has 0 amide bonds. The Labute approximate surface area is 107 Å². The summed E-state index contributed by atoms with van der Waals surface area (Å²) in [5.41, 5.74) is 1.78. The van der Waals surface area contributed by atoms with Gasteiger partial charge in [-0.1, -0.05) is 38.1 Å². The van der Waals surface area contributed by atoms with Gasteiger partial charge >= 0.3 is 5.97 Å². The second kappa shape index (κ2) is 7.11. The highest BCUT2D eigenvalue weighted by Crippen LogP contribution is 2.26. The smallest absolute Gasteiger partial charge is 0.356 e. The Morgan fingerprint density at radius 3 is 2.33 bits per heavy atom. The van der Waals surface area contributed by atoms with Crippen molar-refractivity contribution in [2.75, 3.05) is 6.61 Å². The quantitative estimate of drug-likeness (QED) is 0.780. The first-order valence-electron chi connectivity index (χ1n) is 6.09. The molecule has 0 aromatic heterocycles. The van der Waals surface area contributed by atoms with Gasteiger partial charge in [-0.3, -0.25) is 4.94 Å². The maximum absolute atomic E-state index is 12.1. The summed E-state index contributed by atoms with van der Waals surface area (Å²) in [4.78, 5) is 14.7. The molecule has 0 heterocycles. The number of hydrogen-bond acceptors (Lipinski definition) is 3. The van der Waals surface area contributed by atoms with E-state index in [-0.39, 0.29) is 5.92 Å². The molecule has 0 N–H and O–H groups in total. The van der Waals surface area contributed by atoms with E-state index in [1.54, 1.807) is 0 Å². The third-order valence-corrected chi connectivity index (χ3v) is 2.81. The number of rotatable bonds is 6.